The van der Waals surface area contributed by atoms with Crippen molar-refractivity contribution in [3.63, 3.8) is 0 Å². The van der Waals surface area contributed by atoms with Crippen LogP contribution in [0.5, 0.6) is 0 Å². The van der Waals surface area contributed by atoms with Gasteiger partial charge in [-0.1, -0.05) is 12.1 Å². The molecule has 0 amide bonds. The average molecular weight is 347 g/mol. The van der Waals surface area contributed by atoms with Crippen LogP contribution in [-0.2, 0) is 11.3 Å². The topological polar surface area (TPSA) is 63.6 Å². The molecule has 0 aliphatic carbocycles. The highest BCUT2D eigenvalue weighted by atomic mass is 19.1. The van der Waals surface area contributed by atoms with Crippen molar-refractivity contribution in [2.75, 3.05) is 20.2 Å². The first-order chi connectivity index (χ1) is 11.8. The Kier molecular flexibility index (Phi) is 6.09. The SMILES string of the molecule is CCOC(=O)c1c(C)[nH]c(C(=O)C[NH+](C)Cc2ccc(F)cc2)c1C. The second-order valence-corrected chi connectivity index (χ2v) is 6.21. The van der Waals surface area contributed by atoms with E-state index >= 15 is 0 Å². The summed E-state index contributed by atoms with van der Waals surface area (Å²) >= 11 is 0. The van der Waals surface area contributed by atoms with Crippen molar-refractivity contribution in [2.24, 2.45) is 0 Å². The van der Waals surface area contributed by atoms with Crippen LogP contribution in [0.1, 0.15) is 44.6 Å². The third kappa shape index (κ3) is 4.54. The third-order valence-electron chi connectivity index (χ3n) is 4.08. The van der Waals surface area contributed by atoms with Gasteiger partial charge in [0.1, 0.15) is 18.9 Å². The number of hydrogen-bond acceptors (Lipinski definition) is 3. The first kappa shape index (κ1) is 18.9. The highest BCUT2D eigenvalue weighted by molar-refractivity contribution is 6.01. The van der Waals surface area contributed by atoms with Gasteiger partial charge in [-0.15, -0.1) is 0 Å². The largest absolute Gasteiger partial charge is 0.462 e. The molecule has 0 saturated heterocycles. The van der Waals surface area contributed by atoms with E-state index in [2.05, 4.69) is 4.98 Å². The minimum atomic E-state index is -0.417. The van der Waals surface area contributed by atoms with Crippen LogP contribution >= 0.6 is 0 Å². The van der Waals surface area contributed by atoms with Gasteiger partial charge in [0.25, 0.3) is 0 Å². The van der Waals surface area contributed by atoms with Crippen LogP contribution < -0.4 is 4.90 Å². The molecule has 0 aliphatic rings. The molecule has 6 heteroatoms. The predicted molar refractivity (Wildman–Crippen MR) is 92.4 cm³/mol. The lowest BCUT2D eigenvalue weighted by atomic mass is 10.1. The van der Waals surface area contributed by atoms with Crippen molar-refractivity contribution in [1.29, 1.82) is 0 Å². The number of hydrogen-bond donors (Lipinski definition) is 2. The molecule has 0 spiro atoms. The fraction of sp³-hybridized carbons (Fsp3) is 0.368. The van der Waals surface area contributed by atoms with Gasteiger partial charge in [-0.3, -0.25) is 4.79 Å². The van der Waals surface area contributed by atoms with Crippen molar-refractivity contribution >= 4 is 11.8 Å². The Hall–Kier alpha value is -2.47. The molecular weight excluding hydrogens is 323 g/mol. The zero-order chi connectivity index (χ0) is 18.6. The molecule has 1 aromatic carbocycles. The van der Waals surface area contributed by atoms with Gasteiger partial charge in [0.15, 0.2) is 0 Å². The molecular formula is C19H24FN2O3+. The van der Waals surface area contributed by atoms with Crippen molar-refractivity contribution < 1.29 is 23.6 Å². The maximum atomic E-state index is 13.0. The van der Waals surface area contributed by atoms with Crippen LogP contribution in [0.2, 0.25) is 0 Å². The Morgan fingerprint density at radius 1 is 1.20 bits per heavy atom. The van der Waals surface area contributed by atoms with E-state index in [1.807, 2.05) is 7.05 Å². The van der Waals surface area contributed by atoms with E-state index in [0.717, 1.165) is 10.5 Å². The molecule has 0 aliphatic heterocycles. The average Bonchev–Trinajstić information content (AvgIpc) is 2.84. The Labute approximate surface area is 146 Å². The van der Waals surface area contributed by atoms with Gasteiger partial charge in [0.2, 0.25) is 5.78 Å². The van der Waals surface area contributed by atoms with E-state index < -0.39 is 5.97 Å². The van der Waals surface area contributed by atoms with Gasteiger partial charge in [-0.25, -0.2) is 9.18 Å². The molecule has 2 rings (SSSR count). The molecule has 0 bridgehead atoms. The normalized spacial score (nSPS) is 12.0. The molecule has 1 atom stereocenters. The number of benzene rings is 1. The van der Waals surface area contributed by atoms with Crippen molar-refractivity contribution in [3.8, 4) is 0 Å². The van der Waals surface area contributed by atoms with Crippen LogP contribution in [-0.4, -0.2) is 36.9 Å². The first-order valence-corrected chi connectivity index (χ1v) is 8.28. The molecule has 0 saturated carbocycles. The number of ketones is 1. The quantitative estimate of drug-likeness (QED) is 0.593. The predicted octanol–water partition coefficient (Wildman–Crippen LogP) is 1.84. The van der Waals surface area contributed by atoms with Gasteiger partial charge >= 0.3 is 5.97 Å². The summed E-state index contributed by atoms with van der Waals surface area (Å²) in [5.74, 6) is -0.767. The number of esters is 1. The van der Waals surface area contributed by atoms with Crippen LogP contribution in [0.25, 0.3) is 0 Å². The maximum Gasteiger partial charge on any atom is 0.340 e. The number of aromatic nitrogens is 1. The van der Waals surface area contributed by atoms with E-state index in [4.69, 9.17) is 4.74 Å². The summed E-state index contributed by atoms with van der Waals surface area (Å²) in [5, 5.41) is 0. The number of H-pyrrole nitrogens is 1. The van der Waals surface area contributed by atoms with Crippen LogP contribution in [0.3, 0.4) is 0 Å². The molecule has 1 heterocycles. The third-order valence-corrected chi connectivity index (χ3v) is 4.08. The smallest absolute Gasteiger partial charge is 0.340 e. The Morgan fingerprint density at radius 2 is 1.84 bits per heavy atom. The van der Waals surface area contributed by atoms with Crippen molar-refractivity contribution in [3.05, 3.63) is 58.2 Å². The fourth-order valence-corrected chi connectivity index (χ4v) is 2.91. The van der Waals surface area contributed by atoms with Crippen LogP contribution in [0.15, 0.2) is 24.3 Å². The molecule has 1 unspecified atom stereocenters. The van der Waals surface area contributed by atoms with Crippen molar-refractivity contribution in [2.45, 2.75) is 27.3 Å². The highest BCUT2D eigenvalue weighted by Gasteiger charge is 2.24. The summed E-state index contributed by atoms with van der Waals surface area (Å²) in [6.07, 6.45) is 0. The lowest BCUT2D eigenvalue weighted by Gasteiger charge is -2.13. The second kappa shape index (κ2) is 8.07. The Bertz CT molecular complexity index is 766. The fourth-order valence-electron chi connectivity index (χ4n) is 2.91. The number of aromatic amines is 1. The lowest BCUT2D eigenvalue weighted by molar-refractivity contribution is -0.884. The number of likely N-dealkylation sites (N-methyl/N-ethyl adjacent to an activating group) is 1. The van der Waals surface area contributed by atoms with Gasteiger partial charge in [0, 0.05) is 11.3 Å². The number of nitrogens with one attached hydrogen (secondary N) is 2. The molecule has 0 fully saturated rings. The van der Waals surface area contributed by atoms with Gasteiger partial charge < -0.3 is 14.6 Å². The van der Waals surface area contributed by atoms with E-state index in [1.165, 1.54) is 12.1 Å². The summed E-state index contributed by atoms with van der Waals surface area (Å²) in [6, 6.07) is 6.25. The molecule has 2 N–H and O–H groups in total. The number of aryl methyl sites for hydroxylation is 1. The summed E-state index contributed by atoms with van der Waals surface area (Å²) in [5.41, 5.74) is 3.09. The van der Waals surface area contributed by atoms with E-state index in [-0.39, 0.29) is 24.8 Å². The monoisotopic (exact) mass is 347 g/mol. The number of ether oxygens (including phenoxy) is 1. The van der Waals surface area contributed by atoms with Crippen molar-refractivity contribution in [1.82, 2.24) is 4.98 Å². The minimum Gasteiger partial charge on any atom is -0.462 e. The van der Waals surface area contributed by atoms with Gasteiger partial charge in [-0.2, -0.15) is 0 Å². The zero-order valence-corrected chi connectivity index (χ0v) is 15.0. The molecule has 0 radical (unpaired) electrons. The van der Waals surface area contributed by atoms with Gasteiger partial charge in [-0.05, 0) is 38.5 Å². The standard InChI is InChI=1S/C19H23FN2O3/c1-5-25-19(24)17-12(2)18(21-13(17)3)16(23)11-22(4)10-14-6-8-15(20)9-7-14/h6-9,21H,5,10-11H2,1-4H3/p+1. The molecule has 25 heavy (non-hydrogen) atoms. The summed E-state index contributed by atoms with van der Waals surface area (Å²) in [7, 11) is 1.90. The molecule has 2 aromatic rings. The molecule has 1 aromatic heterocycles. The molecule has 134 valence electrons. The van der Waals surface area contributed by atoms with Crippen LogP contribution in [0.4, 0.5) is 4.39 Å². The van der Waals surface area contributed by atoms with Gasteiger partial charge in [0.05, 0.1) is 24.9 Å². The number of carbonyl (C=O) groups excluding carboxylic acids is 2. The zero-order valence-electron chi connectivity index (χ0n) is 15.0. The first-order valence-electron chi connectivity index (χ1n) is 8.28. The van der Waals surface area contributed by atoms with E-state index in [0.29, 0.717) is 29.1 Å². The number of Topliss-reactive ketones (excluding diaryl/α,β-unsaturated/α-hetero) is 1. The summed E-state index contributed by atoms with van der Waals surface area (Å²) in [6.45, 7) is 6.41. The lowest BCUT2D eigenvalue weighted by Crippen LogP contribution is -3.08. The number of halogens is 1. The maximum absolute atomic E-state index is 13.0. The van der Waals surface area contributed by atoms with E-state index in [9.17, 15) is 14.0 Å². The minimum absolute atomic E-state index is 0.0734. The molecule has 5 nitrogen and oxygen atoms in total. The Morgan fingerprint density at radius 3 is 2.44 bits per heavy atom. The summed E-state index contributed by atoms with van der Waals surface area (Å²) < 4.78 is 18.0. The number of rotatable bonds is 7. The summed E-state index contributed by atoms with van der Waals surface area (Å²) in [4.78, 5) is 28.6. The van der Waals surface area contributed by atoms with Crippen LogP contribution in [0, 0.1) is 19.7 Å². The number of carbonyl (C=O) groups is 2. The number of quaternary nitrogens is 1. The van der Waals surface area contributed by atoms with E-state index in [1.54, 1.807) is 32.9 Å². The Balaban J connectivity index is 2.09. The highest BCUT2D eigenvalue weighted by Crippen LogP contribution is 2.19. The second-order valence-electron chi connectivity index (χ2n) is 6.21.